The molecular weight excluding hydrogens is 418 g/mol. The summed E-state index contributed by atoms with van der Waals surface area (Å²) >= 11 is 0. The van der Waals surface area contributed by atoms with Crippen LogP contribution in [0, 0.1) is 41.5 Å². The van der Waals surface area contributed by atoms with E-state index in [1.165, 1.54) is 44.8 Å². The molecule has 1 aromatic heterocycles. The summed E-state index contributed by atoms with van der Waals surface area (Å²) in [7, 11) is 0. The number of hydrogen-bond acceptors (Lipinski definition) is 5. The smallest absolute Gasteiger partial charge is 0.123 e. The van der Waals surface area contributed by atoms with Crippen molar-refractivity contribution in [3.05, 3.63) is 99.6 Å². The van der Waals surface area contributed by atoms with Crippen molar-refractivity contribution in [2.24, 2.45) is 5.73 Å². The Morgan fingerprint density at radius 2 is 1.15 bits per heavy atom. The SMILES string of the molecule is Cc1cc(C)c(N2C=CN(c3c(C)cc(C)cc3C)C3C2N3Cc2cccc(CN)n2)c(C)c1. The number of aromatic nitrogens is 1. The minimum atomic E-state index is 0.244. The Morgan fingerprint density at radius 3 is 1.59 bits per heavy atom. The van der Waals surface area contributed by atoms with Crippen LogP contribution in [0.3, 0.4) is 0 Å². The molecule has 0 amide bonds. The fraction of sp³-hybridized carbons (Fsp3) is 0.345. The van der Waals surface area contributed by atoms with E-state index < -0.39 is 0 Å². The number of pyridine rings is 1. The Balaban J connectivity index is 1.56. The average molecular weight is 454 g/mol. The lowest BCUT2D eigenvalue weighted by molar-refractivity contribution is 0.468. The third kappa shape index (κ3) is 3.89. The number of nitrogens with zero attached hydrogens (tertiary/aromatic N) is 4. The van der Waals surface area contributed by atoms with Crippen LogP contribution in [0.5, 0.6) is 0 Å². The van der Waals surface area contributed by atoms with Gasteiger partial charge in [-0.05, 0) is 75.9 Å². The van der Waals surface area contributed by atoms with Gasteiger partial charge in [0.25, 0.3) is 0 Å². The molecule has 3 aromatic rings. The molecule has 5 heteroatoms. The van der Waals surface area contributed by atoms with Gasteiger partial charge in [0.1, 0.15) is 12.3 Å². The van der Waals surface area contributed by atoms with E-state index in [4.69, 9.17) is 10.7 Å². The number of benzene rings is 2. The summed E-state index contributed by atoms with van der Waals surface area (Å²) in [5.74, 6) is 0. The standard InChI is InChI=1S/C29H35N5/c1-18-12-20(3)26(21(4)13-18)32-10-11-33(27-22(5)14-19(2)15-23(27)6)29-28(32)34(29)17-25-9-7-8-24(16-30)31-25/h7-15,28-29H,16-17,30H2,1-6H3. The van der Waals surface area contributed by atoms with Crippen LogP contribution in [0.2, 0.25) is 0 Å². The van der Waals surface area contributed by atoms with E-state index in [-0.39, 0.29) is 12.3 Å². The summed E-state index contributed by atoms with van der Waals surface area (Å²) in [6.07, 6.45) is 5.00. The minimum Gasteiger partial charge on any atom is -0.326 e. The molecule has 5 rings (SSSR count). The Bertz CT molecular complexity index is 1160. The van der Waals surface area contributed by atoms with Gasteiger partial charge in [0, 0.05) is 36.9 Å². The predicted octanol–water partition coefficient (Wildman–Crippen LogP) is 5.36. The third-order valence-electron chi connectivity index (χ3n) is 7.02. The maximum Gasteiger partial charge on any atom is 0.123 e. The van der Waals surface area contributed by atoms with Crippen LogP contribution < -0.4 is 15.5 Å². The lowest BCUT2D eigenvalue weighted by Gasteiger charge is -2.32. The Morgan fingerprint density at radius 1 is 0.706 bits per heavy atom. The maximum absolute atomic E-state index is 5.87. The van der Waals surface area contributed by atoms with E-state index in [0.717, 1.165) is 17.9 Å². The summed E-state index contributed by atoms with van der Waals surface area (Å²) in [5, 5.41) is 0. The first kappa shape index (κ1) is 22.6. The van der Waals surface area contributed by atoms with Gasteiger partial charge in [-0.3, -0.25) is 9.88 Å². The first-order chi connectivity index (χ1) is 16.3. The highest BCUT2D eigenvalue weighted by atomic mass is 15.6. The van der Waals surface area contributed by atoms with Gasteiger partial charge in [0.15, 0.2) is 0 Å². The summed E-state index contributed by atoms with van der Waals surface area (Å²) in [4.78, 5) is 12.2. The van der Waals surface area contributed by atoms with E-state index >= 15 is 0 Å². The van der Waals surface area contributed by atoms with Crippen molar-refractivity contribution < 1.29 is 0 Å². The van der Waals surface area contributed by atoms with Crippen molar-refractivity contribution in [1.29, 1.82) is 0 Å². The molecular formula is C29H35N5. The van der Waals surface area contributed by atoms with Crippen LogP contribution in [0.25, 0.3) is 0 Å². The Kier molecular flexibility index (Phi) is 5.70. The van der Waals surface area contributed by atoms with Crippen molar-refractivity contribution in [3.8, 4) is 0 Å². The molecule has 176 valence electrons. The van der Waals surface area contributed by atoms with Crippen LogP contribution in [0.15, 0.2) is 54.9 Å². The largest absolute Gasteiger partial charge is 0.326 e. The van der Waals surface area contributed by atoms with Gasteiger partial charge in [-0.25, -0.2) is 0 Å². The fourth-order valence-electron chi connectivity index (χ4n) is 5.85. The molecule has 0 bridgehead atoms. The van der Waals surface area contributed by atoms with Crippen LogP contribution in [0.1, 0.15) is 44.8 Å². The fourth-order valence-corrected chi connectivity index (χ4v) is 5.85. The first-order valence-electron chi connectivity index (χ1n) is 12.1. The van der Waals surface area contributed by atoms with Gasteiger partial charge in [-0.15, -0.1) is 0 Å². The molecule has 2 aromatic carbocycles. The molecule has 0 saturated carbocycles. The monoisotopic (exact) mass is 453 g/mol. The first-order valence-corrected chi connectivity index (χ1v) is 12.1. The molecule has 3 heterocycles. The number of aryl methyl sites for hydroxylation is 6. The number of hydrogen-bond donors (Lipinski definition) is 1. The highest BCUT2D eigenvalue weighted by Crippen LogP contribution is 2.46. The van der Waals surface area contributed by atoms with E-state index in [1.807, 2.05) is 6.07 Å². The molecule has 1 fully saturated rings. The van der Waals surface area contributed by atoms with Gasteiger partial charge in [-0.2, -0.15) is 0 Å². The third-order valence-corrected chi connectivity index (χ3v) is 7.02. The van der Waals surface area contributed by atoms with E-state index in [0.29, 0.717) is 6.54 Å². The van der Waals surface area contributed by atoms with Crippen molar-refractivity contribution in [2.45, 2.75) is 67.0 Å². The zero-order valence-electron chi connectivity index (χ0n) is 21.1. The molecule has 2 aliphatic rings. The second-order valence-corrected chi connectivity index (χ2v) is 9.93. The highest BCUT2D eigenvalue weighted by molar-refractivity contribution is 5.70. The molecule has 0 spiro atoms. The molecule has 1 saturated heterocycles. The summed E-state index contributed by atoms with van der Waals surface area (Å²) < 4.78 is 0. The van der Waals surface area contributed by atoms with E-state index in [9.17, 15) is 0 Å². The van der Waals surface area contributed by atoms with Gasteiger partial charge in [0.2, 0.25) is 0 Å². The normalized spacial score (nSPS) is 21.1. The molecule has 0 aliphatic carbocycles. The number of anilines is 2. The van der Waals surface area contributed by atoms with Crippen LogP contribution in [-0.4, -0.2) is 22.2 Å². The van der Waals surface area contributed by atoms with Crippen molar-refractivity contribution in [3.63, 3.8) is 0 Å². The van der Waals surface area contributed by atoms with Crippen LogP contribution in [0.4, 0.5) is 11.4 Å². The average Bonchev–Trinajstić information content (AvgIpc) is 3.47. The quantitative estimate of drug-likeness (QED) is 0.527. The number of nitrogens with two attached hydrogens (primary N) is 1. The van der Waals surface area contributed by atoms with Gasteiger partial charge < -0.3 is 15.5 Å². The summed E-state index contributed by atoms with van der Waals surface area (Å²) in [6.45, 7) is 14.5. The zero-order chi connectivity index (χ0) is 24.1. The Labute approximate surface area is 203 Å². The summed E-state index contributed by atoms with van der Waals surface area (Å²) in [6, 6.07) is 15.3. The molecule has 0 radical (unpaired) electrons. The highest BCUT2D eigenvalue weighted by Gasteiger charge is 2.56. The minimum absolute atomic E-state index is 0.244. The topological polar surface area (TPSA) is 48.4 Å². The molecule has 34 heavy (non-hydrogen) atoms. The van der Waals surface area contributed by atoms with Gasteiger partial charge >= 0.3 is 0 Å². The van der Waals surface area contributed by atoms with Gasteiger partial charge in [-0.1, -0.05) is 41.5 Å². The molecule has 2 atom stereocenters. The van der Waals surface area contributed by atoms with E-state index in [1.54, 1.807) is 0 Å². The maximum atomic E-state index is 5.87. The predicted molar refractivity (Wildman–Crippen MR) is 141 cm³/mol. The number of fused-ring (bicyclic) bond motifs is 1. The van der Waals surface area contributed by atoms with Crippen molar-refractivity contribution >= 4 is 11.4 Å². The second kappa shape index (κ2) is 8.57. The molecule has 2 aliphatic heterocycles. The lowest BCUT2D eigenvalue weighted by atomic mass is 10.0. The lowest BCUT2D eigenvalue weighted by Crippen LogP contribution is -2.36. The molecule has 2 unspecified atom stereocenters. The van der Waals surface area contributed by atoms with Gasteiger partial charge in [0.05, 0.1) is 11.4 Å². The van der Waals surface area contributed by atoms with Crippen LogP contribution in [-0.2, 0) is 13.1 Å². The Hall–Kier alpha value is -3.15. The zero-order valence-corrected chi connectivity index (χ0v) is 21.1. The van der Waals surface area contributed by atoms with Crippen LogP contribution >= 0.6 is 0 Å². The van der Waals surface area contributed by atoms with Crippen molar-refractivity contribution in [2.75, 3.05) is 9.80 Å². The van der Waals surface area contributed by atoms with Crippen molar-refractivity contribution in [1.82, 2.24) is 9.88 Å². The molecule has 2 N–H and O–H groups in total. The summed E-state index contributed by atoms with van der Waals surface area (Å²) in [5.41, 5.74) is 18.3. The molecule has 5 nitrogen and oxygen atoms in total. The number of rotatable bonds is 5. The van der Waals surface area contributed by atoms with E-state index in [2.05, 4.69) is 105 Å². The second-order valence-electron chi connectivity index (χ2n) is 9.93.